The monoisotopic (exact) mass is 370 g/mol. The minimum absolute atomic E-state index is 0.386. The second kappa shape index (κ2) is 7.83. The first-order chi connectivity index (χ1) is 12.6. The summed E-state index contributed by atoms with van der Waals surface area (Å²) in [5, 5.41) is 11.5. The molecule has 0 saturated carbocycles. The average molecular weight is 370 g/mol. The number of H-pyrrole nitrogens is 1. The molecule has 0 fully saturated rings. The summed E-state index contributed by atoms with van der Waals surface area (Å²) in [6.45, 7) is 1.92. The number of hydrogen-bond acceptors (Lipinski definition) is 6. The maximum Gasteiger partial charge on any atom is 0.216 e. The molecule has 7 nitrogen and oxygen atoms in total. The van der Waals surface area contributed by atoms with Gasteiger partial charge in [-0.2, -0.15) is 14.9 Å². The Morgan fingerprint density at radius 1 is 1.27 bits per heavy atom. The quantitative estimate of drug-likeness (QED) is 0.521. The number of allylic oxidation sites excluding steroid dienone is 1. The summed E-state index contributed by atoms with van der Waals surface area (Å²) in [5.41, 5.74) is 1.70. The molecule has 0 radical (unpaired) electrons. The molecule has 3 rings (SSSR count). The Morgan fingerprint density at radius 2 is 2.08 bits per heavy atom. The third-order valence-corrected chi connectivity index (χ3v) is 3.85. The van der Waals surface area contributed by atoms with Crippen molar-refractivity contribution in [2.75, 3.05) is 14.2 Å². The zero-order valence-electron chi connectivity index (χ0n) is 14.6. The average Bonchev–Trinajstić information content (AvgIpc) is 3.29. The largest absolute Gasteiger partial charge is 0.493 e. The lowest BCUT2D eigenvalue weighted by molar-refractivity contribution is 0.355. The van der Waals surface area contributed by atoms with Crippen molar-refractivity contribution in [2.45, 2.75) is 6.92 Å². The summed E-state index contributed by atoms with van der Waals surface area (Å²) >= 11 is 5.29. The van der Waals surface area contributed by atoms with Gasteiger partial charge in [0.15, 0.2) is 17.3 Å². The molecule has 8 heteroatoms. The molecule has 0 saturated heterocycles. The fraction of sp³-hybridized carbons (Fsp3) is 0.167. The first-order valence-electron chi connectivity index (χ1n) is 7.78. The summed E-state index contributed by atoms with van der Waals surface area (Å²) in [6, 6.07) is 9.20. The summed E-state index contributed by atoms with van der Waals surface area (Å²) < 4.78 is 17.8. The standard InChI is InChI=1S/C18H18N4O3S/c1-12(9-14-5-4-8-25-14)11-19-22-17(20-21-18(22)26)13-6-7-15(23-2)16(10-13)24-3/h4-11H,1-3H3,(H,21,26)/b12-9+,19-11-. The minimum atomic E-state index is 0.386. The topological polar surface area (TPSA) is 77.6 Å². The summed E-state index contributed by atoms with van der Waals surface area (Å²) in [6.07, 6.45) is 5.19. The number of aromatic amines is 1. The molecular weight excluding hydrogens is 352 g/mol. The van der Waals surface area contributed by atoms with E-state index >= 15 is 0 Å². The molecule has 2 aromatic heterocycles. The predicted octanol–water partition coefficient (Wildman–Crippen LogP) is 4.16. The van der Waals surface area contributed by atoms with Gasteiger partial charge in [-0.1, -0.05) is 0 Å². The van der Waals surface area contributed by atoms with Crippen LogP contribution in [0.4, 0.5) is 0 Å². The molecular formula is C18H18N4O3S. The second-order valence-electron chi connectivity index (χ2n) is 5.38. The van der Waals surface area contributed by atoms with Crippen molar-refractivity contribution in [3.63, 3.8) is 0 Å². The van der Waals surface area contributed by atoms with Gasteiger partial charge in [-0.25, -0.2) is 5.10 Å². The number of nitrogens with one attached hydrogen (secondary N) is 1. The number of aromatic nitrogens is 3. The number of hydrogen-bond donors (Lipinski definition) is 1. The van der Waals surface area contributed by atoms with Gasteiger partial charge in [0, 0.05) is 5.56 Å². The van der Waals surface area contributed by atoms with Gasteiger partial charge in [-0.05, 0) is 61.1 Å². The number of furan rings is 1. The van der Waals surface area contributed by atoms with Gasteiger partial charge in [0.1, 0.15) is 5.76 Å². The fourth-order valence-electron chi connectivity index (χ4n) is 2.34. The Kier molecular flexibility index (Phi) is 5.33. The van der Waals surface area contributed by atoms with Gasteiger partial charge >= 0.3 is 0 Å². The first kappa shape index (κ1) is 17.7. The molecule has 0 bridgehead atoms. The lowest BCUT2D eigenvalue weighted by Gasteiger charge is -2.09. The SMILES string of the molecule is COc1ccc(-c2n[nH]c(=S)n2/N=C\C(C)=C\c2ccco2)cc1OC. The van der Waals surface area contributed by atoms with Gasteiger partial charge in [-0.3, -0.25) is 0 Å². The van der Waals surface area contributed by atoms with Crippen molar-refractivity contribution in [3.8, 4) is 22.9 Å². The Labute approximate surface area is 155 Å². The van der Waals surface area contributed by atoms with Crippen molar-refractivity contribution >= 4 is 24.5 Å². The van der Waals surface area contributed by atoms with Gasteiger partial charge in [0.05, 0.1) is 26.7 Å². The molecule has 1 aromatic carbocycles. The zero-order chi connectivity index (χ0) is 18.5. The molecule has 0 aliphatic rings. The normalized spacial score (nSPS) is 11.9. The molecule has 0 aliphatic heterocycles. The Morgan fingerprint density at radius 3 is 2.77 bits per heavy atom. The molecule has 0 unspecified atom stereocenters. The van der Waals surface area contributed by atoms with Crippen LogP contribution in [0.1, 0.15) is 12.7 Å². The molecule has 3 aromatic rings. The van der Waals surface area contributed by atoms with Crippen molar-refractivity contribution in [2.24, 2.45) is 5.10 Å². The van der Waals surface area contributed by atoms with E-state index in [-0.39, 0.29) is 0 Å². The molecule has 0 atom stereocenters. The lowest BCUT2D eigenvalue weighted by Crippen LogP contribution is -1.96. The van der Waals surface area contributed by atoms with Crippen molar-refractivity contribution in [3.05, 3.63) is 52.7 Å². The maximum absolute atomic E-state index is 5.35. The molecule has 134 valence electrons. The van der Waals surface area contributed by atoms with Crippen LogP contribution in [0, 0.1) is 4.77 Å². The van der Waals surface area contributed by atoms with Gasteiger partial charge < -0.3 is 13.9 Å². The van der Waals surface area contributed by atoms with Crippen LogP contribution in [-0.2, 0) is 0 Å². The Balaban J connectivity index is 1.95. The number of ether oxygens (including phenoxy) is 2. The number of nitrogens with zero attached hydrogens (tertiary/aromatic N) is 3. The Bertz CT molecular complexity index is 1000. The van der Waals surface area contributed by atoms with Gasteiger partial charge in [0.25, 0.3) is 0 Å². The van der Waals surface area contributed by atoms with E-state index in [1.807, 2.05) is 43.3 Å². The third kappa shape index (κ3) is 3.75. The maximum atomic E-state index is 5.35. The summed E-state index contributed by atoms with van der Waals surface area (Å²) in [5.74, 6) is 2.56. The molecule has 1 N–H and O–H groups in total. The Hall–Kier alpha value is -3.13. The van der Waals surface area contributed by atoms with E-state index in [4.69, 9.17) is 26.1 Å². The second-order valence-corrected chi connectivity index (χ2v) is 5.77. The van der Waals surface area contributed by atoms with Gasteiger partial charge in [-0.15, -0.1) is 0 Å². The third-order valence-electron chi connectivity index (χ3n) is 3.58. The van der Waals surface area contributed by atoms with E-state index in [9.17, 15) is 0 Å². The van der Waals surface area contributed by atoms with Crippen LogP contribution in [0.15, 0.2) is 51.7 Å². The molecule has 2 heterocycles. The smallest absolute Gasteiger partial charge is 0.216 e. The minimum Gasteiger partial charge on any atom is -0.493 e. The first-order valence-corrected chi connectivity index (χ1v) is 8.19. The van der Waals surface area contributed by atoms with E-state index in [0.717, 1.165) is 16.9 Å². The highest BCUT2D eigenvalue weighted by Crippen LogP contribution is 2.31. The van der Waals surface area contributed by atoms with Crippen LogP contribution >= 0.6 is 12.2 Å². The van der Waals surface area contributed by atoms with Gasteiger partial charge in [0.2, 0.25) is 4.77 Å². The summed E-state index contributed by atoms with van der Waals surface area (Å²) in [7, 11) is 3.17. The van der Waals surface area contributed by atoms with Crippen LogP contribution in [0.3, 0.4) is 0 Å². The van der Waals surface area contributed by atoms with Crippen LogP contribution in [0.2, 0.25) is 0 Å². The van der Waals surface area contributed by atoms with Crippen LogP contribution < -0.4 is 9.47 Å². The number of rotatable bonds is 6. The summed E-state index contributed by atoms with van der Waals surface area (Å²) in [4.78, 5) is 0. The molecule has 0 amide bonds. The van der Waals surface area contributed by atoms with E-state index in [1.165, 1.54) is 0 Å². The highest BCUT2D eigenvalue weighted by Gasteiger charge is 2.12. The number of benzene rings is 1. The van der Waals surface area contributed by atoms with Crippen molar-refractivity contribution < 1.29 is 13.9 Å². The molecule has 0 aliphatic carbocycles. The lowest BCUT2D eigenvalue weighted by atomic mass is 10.2. The van der Waals surface area contributed by atoms with Crippen molar-refractivity contribution in [1.82, 2.24) is 14.9 Å². The highest BCUT2D eigenvalue weighted by atomic mass is 32.1. The number of methoxy groups -OCH3 is 2. The van der Waals surface area contributed by atoms with E-state index < -0.39 is 0 Å². The van der Waals surface area contributed by atoms with Crippen LogP contribution in [0.25, 0.3) is 17.5 Å². The van der Waals surface area contributed by atoms with E-state index in [1.54, 1.807) is 31.4 Å². The molecule has 0 spiro atoms. The zero-order valence-corrected chi connectivity index (χ0v) is 15.4. The van der Waals surface area contributed by atoms with Crippen LogP contribution in [0.5, 0.6) is 11.5 Å². The van der Waals surface area contributed by atoms with E-state index in [2.05, 4.69) is 15.3 Å². The molecule has 26 heavy (non-hydrogen) atoms. The predicted molar refractivity (Wildman–Crippen MR) is 102 cm³/mol. The van der Waals surface area contributed by atoms with E-state index in [0.29, 0.717) is 22.1 Å². The highest BCUT2D eigenvalue weighted by molar-refractivity contribution is 7.71. The van der Waals surface area contributed by atoms with Crippen molar-refractivity contribution in [1.29, 1.82) is 0 Å². The fourth-order valence-corrected chi connectivity index (χ4v) is 2.52. The van der Waals surface area contributed by atoms with Crippen LogP contribution in [-0.4, -0.2) is 35.3 Å².